The van der Waals surface area contributed by atoms with Crippen molar-refractivity contribution >= 4 is 28.8 Å². The fraction of sp³-hybridized carbons (Fsp3) is 0.727. The van der Waals surface area contributed by atoms with Crippen molar-refractivity contribution in [1.82, 2.24) is 9.80 Å². The van der Waals surface area contributed by atoms with Crippen molar-refractivity contribution in [2.45, 2.75) is 25.3 Å². The summed E-state index contributed by atoms with van der Waals surface area (Å²) in [5, 5.41) is -0.152. The molecule has 3 amide bonds. The molecule has 1 unspecified atom stereocenters. The highest BCUT2D eigenvalue weighted by Gasteiger charge is 2.42. The smallest absolute Gasteiger partial charge is 0.289 e. The van der Waals surface area contributed by atoms with Crippen molar-refractivity contribution in [2.24, 2.45) is 5.92 Å². The van der Waals surface area contributed by atoms with Crippen LogP contribution in [0.25, 0.3) is 0 Å². The van der Waals surface area contributed by atoms with Crippen molar-refractivity contribution < 1.29 is 14.4 Å². The van der Waals surface area contributed by atoms with E-state index in [1.165, 1.54) is 4.90 Å². The highest BCUT2D eigenvalue weighted by atomic mass is 32.2. The fourth-order valence-electron chi connectivity index (χ4n) is 2.46. The van der Waals surface area contributed by atoms with Gasteiger partial charge < -0.3 is 4.90 Å². The summed E-state index contributed by atoms with van der Waals surface area (Å²) in [6.07, 6.45) is 2.73. The number of hydrogen-bond acceptors (Lipinski definition) is 4. The molecule has 3 aliphatic rings. The molecule has 0 aromatic rings. The molecule has 6 heteroatoms. The third-order valence-corrected chi connectivity index (χ3v) is 4.39. The van der Waals surface area contributed by atoms with Crippen LogP contribution in [-0.2, 0) is 9.59 Å². The number of hydrogen-bond donors (Lipinski definition) is 0. The van der Waals surface area contributed by atoms with Gasteiger partial charge in [-0.3, -0.25) is 19.3 Å². The number of rotatable bonds is 2. The summed E-state index contributed by atoms with van der Waals surface area (Å²) in [4.78, 5) is 38.2. The van der Waals surface area contributed by atoms with Crippen molar-refractivity contribution in [3.05, 3.63) is 0 Å². The van der Waals surface area contributed by atoms with Crippen molar-refractivity contribution in [2.75, 3.05) is 18.8 Å². The molecule has 1 aliphatic carbocycles. The lowest BCUT2D eigenvalue weighted by Crippen LogP contribution is -2.41. The first kappa shape index (κ1) is 11.1. The molecular weight excluding hydrogens is 240 g/mol. The SMILES string of the molecule is O=C(C1CC1)N1CCC(N2C(=O)CSC2=O)C1. The van der Waals surface area contributed by atoms with Crippen LogP contribution in [0.3, 0.4) is 0 Å². The summed E-state index contributed by atoms with van der Waals surface area (Å²) >= 11 is 1.06. The van der Waals surface area contributed by atoms with E-state index in [0.717, 1.165) is 31.0 Å². The Morgan fingerprint density at radius 1 is 1.24 bits per heavy atom. The number of likely N-dealkylation sites (tertiary alicyclic amines) is 1. The van der Waals surface area contributed by atoms with Crippen LogP contribution in [-0.4, -0.2) is 51.7 Å². The number of nitrogens with zero attached hydrogens (tertiary/aromatic N) is 2. The standard InChI is InChI=1S/C11H14N2O3S/c14-9-6-17-11(16)13(9)8-3-4-12(5-8)10(15)7-1-2-7/h7-8H,1-6H2. The highest BCUT2D eigenvalue weighted by Crippen LogP contribution is 2.33. The van der Waals surface area contributed by atoms with Crippen LogP contribution in [0.4, 0.5) is 4.79 Å². The Hall–Kier alpha value is -1.04. The van der Waals surface area contributed by atoms with E-state index in [1.807, 2.05) is 4.90 Å². The molecule has 2 aliphatic heterocycles. The van der Waals surface area contributed by atoms with Crippen LogP contribution in [0, 0.1) is 5.92 Å². The minimum atomic E-state index is -0.152. The van der Waals surface area contributed by atoms with Gasteiger partial charge >= 0.3 is 0 Å². The number of carbonyl (C=O) groups is 3. The van der Waals surface area contributed by atoms with Gasteiger partial charge in [0.05, 0.1) is 11.8 Å². The Bertz CT molecular complexity index is 378. The predicted octanol–water partition coefficient (Wildman–Crippen LogP) is 0.693. The van der Waals surface area contributed by atoms with Crippen LogP contribution < -0.4 is 0 Å². The van der Waals surface area contributed by atoms with Crippen molar-refractivity contribution in [3.63, 3.8) is 0 Å². The van der Waals surface area contributed by atoms with E-state index in [9.17, 15) is 14.4 Å². The minimum absolute atomic E-state index is 0.0901. The number of carbonyl (C=O) groups excluding carboxylic acids is 3. The topological polar surface area (TPSA) is 57.7 Å². The fourth-order valence-corrected chi connectivity index (χ4v) is 3.23. The van der Waals surface area contributed by atoms with Gasteiger partial charge in [0.2, 0.25) is 11.8 Å². The number of thioether (sulfide) groups is 1. The van der Waals surface area contributed by atoms with E-state index in [1.54, 1.807) is 0 Å². The van der Waals surface area contributed by atoms with E-state index in [-0.39, 0.29) is 34.8 Å². The average Bonchev–Trinajstić information content (AvgIpc) is 2.96. The zero-order valence-electron chi connectivity index (χ0n) is 9.42. The van der Waals surface area contributed by atoms with Crippen LogP contribution in [0.5, 0.6) is 0 Å². The lowest BCUT2D eigenvalue weighted by molar-refractivity contribution is -0.132. The molecule has 0 aromatic carbocycles. The molecule has 5 nitrogen and oxygen atoms in total. The van der Waals surface area contributed by atoms with Gasteiger partial charge in [0.25, 0.3) is 5.24 Å². The second kappa shape index (κ2) is 4.01. The van der Waals surface area contributed by atoms with Crippen LogP contribution in [0.1, 0.15) is 19.3 Å². The molecule has 3 fully saturated rings. The maximum atomic E-state index is 11.9. The van der Waals surface area contributed by atoms with E-state index in [0.29, 0.717) is 13.1 Å². The minimum Gasteiger partial charge on any atom is -0.340 e. The molecule has 0 bridgehead atoms. The molecular formula is C11H14N2O3S. The van der Waals surface area contributed by atoms with Gasteiger partial charge in [-0.05, 0) is 19.3 Å². The Morgan fingerprint density at radius 3 is 2.59 bits per heavy atom. The lowest BCUT2D eigenvalue weighted by Gasteiger charge is -2.21. The summed E-state index contributed by atoms with van der Waals surface area (Å²) in [6.45, 7) is 1.22. The Labute approximate surface area is 103 Å². The molecule has 2 heterocycles. The maximum absolute atomic E-state index is 11.9. The largest absolute Gasteiger partial charge is 0.340 e. The van der Waals surface area contributed by atoms with Crippen LogP contribution >= 0.6 is 11.8 Å². The molecule has 0 N–H and O–H groups in total. The first-order valence-corrected chi connectivity index (χ1v) is 6.93. The normalized spacial score (nSPS) is 29.3. The third-order valence-electron chi connectivity index (χ3n) is 3.55. The molecule has 17 heavy (non-hydrogen) atoms. The van der Waals surface area contributed by atoms with E-state index in [4.69, 9.17) is 0 Å². The van der Waals surface area contributed by atoms with Crippen LogP contribution in [0.2, 0.25) is 0 Å². The molecule has 0 radical (unpaired) electrons. The second-order valence-electron chi connectivity index (χ2n) is 4.82. The Balaban J connectivity index is 1.65. The van der Waals surface area contributed by atoms with Gasteiger partial charge in [-0.2, -0.15) is 0 Å². The van der Waals surface area contributed by atoms with Crippen LogP contribution in [0.15, 0.2) is 0 Å². The summed E-state index contributed by atoms with van der Waals surface area (Å²) in [7, 11) is 0. The summed E-state index contributed by atoms with van der Waals surface area (Å²) in [6, 6.07) is -0.0901. The van der Waals surface area contributed by atoms with E-state index in [2.05, 4.69) is 0 Å². The zero-order valence-corrected chi connectivity index (χ0v) is 10.2. The first-order valence-electron chi connectivity index (χ1n) is 5.94. The molecule has 0 aromatic heterocycles. The quantitative estimate of drug-likeness (QED) is 0.727. The molecule has 0 spiro atoms. The van der Waals surface area contributed by atoms with E-state index < -0.39 is 0 Å². The Kier molecular flexibility index (Phi) is 2.61. The highest BCUT2D eigenvalue weighted by molar-refractivity contribution is 8.14. The maximum Gasteiger partial charge on any atom is 0.289 e. The Morgan fingerprint density at radius 2 is 2.00 bits per heavy atom. The summed E-state index contributed by atoms with van der Waals surface area (Å²) < 4.78 is 0. The summed E-state index contributed by atoms with van der Waals surface area (Å²) in [5.74, 6) is 0.574. The second-order valence-corrected chi connectivity index (χ2v) is 5.75. The molecule has 1 atom stereocenters. The zero-order chi connectivity index (χ0) is 12.0. The third kappa shape index (κ3) is 1.94. The average molecular weight is 254 g/mol. The molecule has 3 rings (SSSR count). The van der Waals surface area contributed by atoms with Gasteiger partial charge in [0.1, 0.15) is 0 Å². The van der Waals surface area contributed by atoms with Crippen molar-refractivity contribution in [1.29, 1.82) is 0 Å². The lowest BCUT2D eigenvalue weighted by atomic mass is 10.2. The number of amides is 3. The van der Waals surface area contributed by atoms with Gasteiger partial charge in [-0.15, -0.1) is 0 Å². The number of imide groups is 1. The molecule has 1 saturated carbocycles. The monoisotopic (exact) mass is 254 g/mol. The molecule has 92 valence electrons. The van der Waals surface area contributed by atoms with Crippen molar-refractivity contribution in [3.8, 4) is 0 Å². The van der Waals surface area contributed by atoms with E-state index >= 15 is 0 Å². The molecule has 2 saturated heterocycles. The summed E-state index contributed by atoms with van der Waals surface area (Å²) in [5.41, 5.74) is 0. The van der Waals surface area contributed by atoms with Gasteiger partial charge in [0.15, 0.2) is 0 Å². The van der Waals surface area contributed by atoms with Gasteiger partial charge in [0, 0.05) is 19.0 Å². The van der Waals surface area contributed by atoms with Gasteiger partial charge in [-0.25, -0.2) is 0 Å². The first-order chi connectivity index (χ1) is 8.16. The van der Waals surface area contributed by atoms with Gasteiger partial charge in [-0.1, -0.05) is 11.8 Å². The predicted molar refractivity (Wildman–Crippen MR) is 62.4 cm³/mol.